The molecule has 0 N–H and O–H groups in total. The highest BCUT2D eigenvalue weighted by Crippen LogP contribution is 2.27. The van der Waals surface area contributed by atoms with Crippen LogP contribution in [0.2, 0.25) is 5.02 Å². The third kappa shape index (κ3) is 5.10. The van der Waals surface area contributed by atoms with Crippen molar-refractivity contribution in [2.24, 2.45) is 0 Å². The van der Waals surface area contributed by atoms with Crippen molar-refractivity contribution < 1.29 is 9.21 Å². The molecular weight excluding hydrogens is 410 g/mol. The molecule has 3 heterocycles. The standard InChI is InChI=1S/C25H28ClN3O2/c1-3-23-15-21(20-6-4-8-22(26)14-20)7-5-11-29(23)17-24(30)28-12-9-19(10-13-28)25-27-16-18(2)31-25/h4,6-9,14-16H,3,5,10-13,17H2,1-2H3. The second-order valence-corrected chi connectivity index (χ2v) is 8.40. The molecule has 5 nitrogen and oxygen atoms in total. The number of aromatic nitrogens is 1. The molecule has 4 rings (SSSR count). The van der Waals surface area contributed by atoms with Gasteiger partial charge < -0.3 is 14.2 Å². The van der Waals surface area contributed by atoms with Gasteiger partial charge in [0.05, 0.1) is 12.7 Å². The smallest absolute Gasteiger partial charge is 0.242 e. The molecule has 0 atom stereocenters. The molecule has 31 heavy (non-hydrogen) atoms. The van der Waals surface area contributed by atoms with Gasteiger partial charge in [-0.2, -0.15) is 0 Å². The third-order valence-corrected chi connectivity index (χ3v) is 6.03. The molecular formula is C25H28ClN3O2. The lowest BCUT2D eigenvalue weighted by Gasteiger charge is -2.31. The number of oxazole rings is 1. The molecule has 1 aromatic heterocycles. The lowest BCUT2D eigenvalue weighted by Crippen LogP contribution is -2.42. The van der Waals surface area contributed by atoms with E-state index in [0.717, 1.165) is 47.7 Å². The Kier molecular flexibility index (Phi) is 6.62. The summed E-state index contributed by atoms with van der Waals surface area (Å²) in [6, 6.07) is 7.93. The number of carbonyl (C=O) groups is 1. The maximum atomic E-state index is 13.0. The van der Waals surface area contributed by atoms with E-state index in [1.165, 1.54) is 11.3 Å². The first kappa shape index (κ1) is 21.4. The maximum absolute atomic E-state index is 13.0. The van der Waals surface area contributed by atoms with Crippen molar-refractivity contribution in [3.63, 3.8) is 0 Å². The van der Waals surface area contributed by atoms with Gasteiger partial charge in [-0.15, -0.1) is 0 Å². The summed E-state index contributed by atoms with van der Waals surface area (Å²) in [4.78, 5) is 21.5. The van der Waals surface area contributed by atoms with E-state index >= 15 is 0 Å². The molecule has 2 aliphatic rings. The van der Waals surface area contributed by atoms with Gasteiger partial charge in [0.2, 0.25) is 11.8 Å². The van der Waals surface area contributed by atoms with Gasteiger partial charge in [-0.3, -0.25) is 4.79 Å². The SMILES string of the molecule is CCC1=CC(c2cccc(Cl)c2)=CCCN1CC(=O)N1CC=C(c2ncc(C)o2)CC1. The summed E-state index contributed by atoms with van der Waals surface area (Å²) in [6.07, 6.45) is 10.8. The number of hydrogen-bond donors (Lipinski definition) is 0. The summed E-state index contributed by atoms with van der Waals surface area (Å²) in [5.74, 6) is 1.64. The van der Waals surface area contributed by atoms with Gasteiger partial charge in [-0.1, -0.05) is 42.8 Å². The van der Waals surface area contributed by atoms with Gasteiger partial charge >= 0.3 is 0 Å². The molecule has 162 valence electrons. The predicted molar refractivity (Wildman–Crippen MR) is 124 cm³/mol. The number of carbonyl (C=O) groups excluding carboxylic acids is 1. The fourth-order valence-corrected chi connectivity index (χ4v) is 4.27. The zero-order chi connectivity index (χ0) is 21.8. The summed E-state index contributed by atoms with van der Waals surface area (Å²) in [5.41, 5.74) is 4.54. The molecule has 0 saturated carbocycles. The molecule has 0 radical (unpaired) electrons. The van der Waals surface area contributed by atoms with Gasteiger partial charge in [0.1, 0.15) is 5.76 Å². The van der Waals surface area contributed by atoms with Crippen LogP contribution in [-0.2, 0) is 4.79 Å². The molecule has 2 aromatic rings. The first-order valence-electron chi connectivity index (χ1n) is 10.8. The van der Waals surface area contributed by atoms with Crippen LogP contribution in [0, 0.1) is 6.92 Å². The number of nitrogens with zero attached hydrogens (tertiary/aromatic N) is 3. The molecule has 0 saturated heterocycles. The summed E-state index contributed by atoms with van der Waals surface area (Å²) in [6.45, 7) is 6.55. The normalized spacial score (nSPS) is 17.1. The van der Waals surface area contributed by atoms with E-state index in [0.29, 0.717) is 25.5 Å². The highest BCUT2D eigenvalue weighted by atomic mass is 35.5. The molecule has 1 aromatic carbocycles. The van der Waals surface area contributed by atoms with Crippen LogP contribution < -0.4 is 0 Å². The molecule has 0 spiro atoms. The Balaban J connectivity index is 1.42. The summed E-state index contributed by atoms with van der Waals surface area (Å²) in [5, 5.41) is 0.735. The quantitative estimate of drug-likeness (QED) is 0.633. The first-order chi connectivity index (χ1) is 15.0. The fourth-order valence-electron chi connectivity index (χ4n) is 4.08. The molecule has 0 unspecified atom stereocenters. The summed E-state index contributed by atoms with van der Waals surface area (Å²) >= 11 is 6.19. The number of hydrogen-bond acceptors (Lipinski definition) is 4. The van der Waals surface area contributed by atoms with Gasteiger partial charge in [-0.05, 0) is 55.5 Å². The van der Waals surface area contributed by atoms with E-state index in [2.05, 4.69) is 41.1 Å². The van der Waals surface area contributed by atoms with E-state index in [1.54, 1.807) is 6.20 Å². The largest absolute Gasteiger partial charge is 0.442 e. The second kappa shape index (κ2) is 9.56. The minimum atomic E-state index is 0.157. The van der Waals surface area contributed by atoms with Crippen LogP contribution in [0.5, 0.6) is 0 Å². The van der Waals surface area contributed by atoms with E-state index in [-0.39, 0.29) is 5.91 Å². The molecule has 0 aliphatic carbocycles. The van der Waals surface area contributed by atoms with Crippen LogP contribution in [-0.4, -0.2) is 46.9 Å². The van der Waals surface area contributed by atoms with E-state index in [9.17, 15) is 4.79 Å². The van der Waals surface area contributed by atoms with Crippen LogP contribution in [0.4, 0.5) is 0 Å². The Morgan fingerprint density at radius 2 is 2.13 bits per heavy atom. The van der Waals surface area contributed by atoms with Crippen LogP contribution in [0.3, 0.4) is 0 Å². The van der Waals surface area contributed by atoms with E-state index < -0.39 is 0 Å². The minimum Gasteiger partial charge on any atom is -0.442 e. The Bertz CT molecular complexity index is 1050. The lowest BCUT2D eigenvalue weighted by molar-refractivity contribution is -0.131. The van der Waals surface area contributed by atoms with Crippen molar-refractivity contribution in [1.29, 1.82) is 0 Å². The molecule has 0 bridgehead atoms. The zero-order valence-electron chi connectivity index (χ0n) is 18.1. The third-order valence-electron chi connectivity index (χ3n) is 5.80. The number of allylic oxidation sites excluding steroid dienone is 3. The van der Waals surface area contributed by atoms with Crippen molar-refractivity contribution in [2.45, 2.75) is 33.1 Å². The Hall–Kier alpha value is -2.79. The lowest BCUT2D eigenvalue weighted by atomic mass is 10.0. The maximum Gasteiger partial charge on any atom is 0.242 e. The van der Waals surface area contributed by atoms with Crippen molar-refractivity contribution >= 4 is 28.7 Å². The van der Waals surface area contributed by atoms with Gasteiger partial charge in [-0.25, -0.2) is 4.98 Å². The molecule has 6 heteroatoms. The number of aryl methyl sites for hydroxylation is 1. The first-order valence-corrected chi connectivity index (χ1v) is 11.2. The topological polar surface area (TPSA) is 49.6 Å². The van der Waals surface area contributed by atoms with Gasteiger partial charge in [0.25, 0.3) is 0 Å². The van der Waals surface area contributed by atoms with Crippen molar-refractivity contribution in [1.82, 2.24) is 14.8 Å². The Labute approximate surface area is 188 Å². The van der Waals surface area contributed by atoms with Crippen molar-refractivity contribution in [3.05, 3.63) is 76.6 Å². The van der Waals surface area contributed by atoms with Crippen LogP contribution in [0.25, 0.3) is 11.1 Å². The van der Waals surface area contributed by atoms with Crippen molar-refractivity contribution in [2.75, 3.05) is 26.2 Å². The second-order valence-electron chi connectivity index (χ2n) is 7.96. The molecule has 2 aliphatic heterocycles. The fraction of sp³-hybridized carbons (Fsp3) is 0.360. The predicted octanol–water partition coefficient (Wildman–Crippen LogP) is 5.34. The highest BCUT2D eigenvalue weighted by Gasteiger charge is 2.23. The average molecular weight is 438 g/mol. The molecule has 1 amide bonds. The zero-order valence-corrected chi connectivity index (χ0v) is 18.9. The number of amides is 1. The Morgan fingerprint density at radius 1 is 1.26 bits per heavy atom. The molecule has 0 fully saturated rings. The van der Waals surface area contributed by atoms with E-state index in [4.69, 9.17) is 16.0 Å². The monoisotopic (exact) mass is 437 g/mol. The van der Waals surface area contributed by atoms with Crippen LogP contribution in [0.1, 0.15) is 43.4 Å². The van der Waals surface area contributed by atoms with Gasteiger partial charge in [0.15, 0.2) is 0 Å². The van der Waals surface area contributed by atoms with E-state index in [1.807, 2.05) is 30.0 Å². The number of halogens is 1. The summed E-state index contributed by atoms with van der Waals surface area (Å²) < 4.78 is 5.62. The minimum absolute atomic E-state index is 0.157. The van der Waals surface area contributed by atoms with Gasteiger partial charge in [0, 0.05) is 35.9 Å². The van der Waals surface area contributed by atoms with Crippen LogP contribution in [0.15, 0.2) is 58.8 Å². The highest BCUT2D eigenvalue weighted by molar-refractivity contribution is 6.30. The number of rotatable bonds is 5. The Morgan fingerprint density at radius 3 is 2.81 bits per heavy atom. The number of benzene rings is 1. The summed E-state index contributed by atoms with van der Waals surface area (Å²) in [7, 11) is 0. The average Bonchev–Trinajstić information content (AvgIpc) is 3.11. The van der Waals surface area contributed by atoms with Crippen LogP contribution >= 0.6 is 11.6 Å². The van der Waals surface area contributed by atoms with Crippen molar-refractivity contribution in [3.8, 4) is 0 Å².